The van der Waals surface area contributed by atoms with E-state index in [4.69, 9.17) is 21.1 Å². The van der Waals surface area contributed by atoms with Crippen LogP contribution in [0.4, 0.5) is 0 Å². The molecule has 3 nitrogen and oxygen atoms in total. The van der Waals surface area contributed by atoms with E-state index < -0.39 is 0 Å². The Bertz CT molecular complexity index is 851. The van der Waals surface area contributed by atoms with E-state index in [1.165, 1.54) is 5.56 Å². The fraction of sp³-hybridized carbons (Fsp3) is 0.182. The first-order chi connectivity index (χ1) is 12.7. The van der Waals surface area contributed by atoms with Gasteiger partial charge in [0, 0.05) is 23.7 Å². The quantitative estimate of drug-likeness (QED) is 0.592. The molecule has 3 rings (SSSR count). The molecule has 0 radical (unpaired) electrons. The van der Waals surface area contributed by atoms with Crippen molar-refractivity contribution < 1.29 is 9.47 Å². The van der Waals surface area contributed by atoms with Crippen molar-refractivity contribution in [3.05, 3.63) is 94.5 Å². The normalized spacial score (nSPS) is 10.5. The molecule has 0 aromatic heterocycles. The molecule has 0 fully saturated rings. The van der Waals surface area contributed by atoms with E-state index in [0.29, 0.717) is 6.61 Å². The number of methoxy groups -OCH3 is 1. The second-order valence-electron chi connectivity index (χ2n) is 5.98. The van der Waals surface area contributed by atoms with E-state index in [1.807, 2.05) is 54.6 Å². The summed E-state index contributed by atoms with van der Waals surface area (Å²) in [5.41, 5.74) is 3.36. The number of hydrogen-bond acceptors (Lipinski definition) is 3. The van der Waals surface area contributed by atoms with E-state index >= 15 is 0 Å². The molecule has 4 heteroatoms. The second-order valence-corrected chi connectivity index (χ2v) is 6.42. The Kier molecular flexibility index (Phi) is 6.53. The van der Waals surface area contributed by atoms with Gasteiger partial charge in [0.25, 0.3) is 0 Å². The minimum absolute atomic E-state index is 0.499. The van der Waals surface area contributed by atoms with Crippen LogP contribution < -0.4 is 14.8 Å². The van der Waals surface area contributed by atoms with Crippen LogP contribution in [0.5, 0.6) is 11.5 Å². The van der Waals surface area contributed by atoms with Crippen LogP contribution in [0.15, 0.2) is 72.8 Å². The first-order valence-corrected chi connectivity index (χ1v) is 8.91. The van der Waals surface area contributed by atoms with Crippen LogP contribution in [0.25, 0.3) is 0 Å². The number of para-hydroxylation sites is 1. The van der Waals surface area contributed by atoms with Crippen molar-refractivity contribution in [3.8, 4) is 11.5 Å². The summed E-state index contributed by atoms with van der Waals surface area (Å²) in [5.74, 6) is 1.75. The second kappa shape index (κ2) is 9.27. The molecule has 0 unspecified atom stereocenters. The zero-order chi connectivity index (χ0) is 18.2. The summed E-state index contributed by atoms with van der Waals surface area (Å²) in [5, 5.41) is 4.17. The van der Waals surface area contributed by atoms with Gasteiger partial charge in [0.15, 0.2) is 0 Å². The predicted molar refractivity (Wildman–Crippen MR) is 106 cm³/mol. The smallest absolute Gasteiger partial charge is 0.123 e. The number of hydrogen-bond donors (Lipinski definition) is 1. The lowest BCUT2D eigenvalue weighted by Crippen LogP contribution is -2.13. The van der Waals surface area contributed by atoms with Crippen LogP contribution in [-0.4, -0.2) is 7.11 Å². The van der Waals surface area contributed by atoms with Gasteiger partial charge in [0.2, 0.25) is 0 Å². The molecule has 0 amide bonds. The van der Waals surface area contributed by atoms with Crippen LogP contribution in [0.3, 0.4) is 0 Å². The van der Waals surface area contributed by atoms with Crippen molar-refractivity contribution in [1.29, 1.82) is 0 Å². The highest BCUT2D eigenvalue weighted by Crippen LogP contribution is 2.19. The Morgan fingerprint density at radius 2 is 1.65 bits per heavy atom. The highest BCUT2D eigenvalue weighted by atomic mass is 35.5. The van der Waals surface area contributed by atoms with Crippen LogP contribution in [0.1, 0.15) is 16.7 Å². The molecule has 0 atom stereocenters. The number of halogens is 1. The molecule has 134 valence electrons. The van der Waals surface area contributed by atoms with Crippen molar-refractivity contribution in [2.45, 2.75) is 19.7 Å². The average Bonchev–Trinajstić information content (AvgIpc) is 2.67. The average molecular weight is 368 g/mol. The summed E-state index contributed by atoms with van der Waals surface area (Å²) in [6.45, 7) is 2.00. The maximum atomic E-state index is 6.01. The van der Waals surface area contributed by atoms with E-state index in [0.717, 1.165) is 40.7 Å². The van der Waals surface area contributed by atoms with Gasteiger partial charge in [-0.15, -0.1) is 0 Å². The van der Waals surface area contributed by atoms with E-state index in [2.05, 4.69) is 23.5 Å². The van der Waals surface area contributed by atoms with E-state index in [-0.39, 0.29) is 0 Å². The fourth-order valence-corrected chi connectivity index (χ4v) is 2.94. The molecular weight excluding hydrogens is 346 g/mol. The highest BCUT2D eigenvalue weighted by molar-refractivity contribution is 6.30. The zero-order valence-electron chi connectivity index (χ0n) is 14.7. The Morgan fingerprint density at radius 1 is 0.846 bits per heavy atom. The van der Waals surface area contributed by atoms with Crippen molar-refractivity contribution in [3.63, 3.8) is 0 Å². The Labute approximate surface area is 159 Å². The standard InChI is InChI=1S/C22H22ClNO2/c1-25-22-11-3-2-8-19(22)15-24-14-17-6-5-10-21(13-17)26-16-18-7-4-9-20(23)12-18/h2-13,24H,14-16H2,1H3. The molecule has 0 saturated carbocycles. The van der Waals surface area contributed by atoms with Gasteiger partial charge in [-0.2, -0.15) is 0 Å². The molecule has 0 spiro atoms. The molecule has 26 heavy (non-hydrogen) atoms. The topological polar surface area (TPSA) is 30.5 Å². The molecule has 0 aliphatic heterocycles. The molecule has 1 N–H and O–H groups in total. The third-order valence-electron chi connectivity index (χ3n) is 4.03. The third kappa shape index (κ3) is 5.25. The molecule has 0 heterocycles. The maximum Gasteiger partial charge on any atom is 0.123 e. The summed E-state index contributed by atoms with van der Waals surface area (Å²) < 4.78 is 11.3. The van der Waals surface area contributed by atoms with Crippen LogP contribution in [0.2, 0.25) is 5.02 Å². The lowest BCUT2D eigenvalue weighted by Gasteiger charge is -2.11. The van der Waals surface area contributed by atoms with Gasteiger partial charge in [-0.1, -0.05) is 54.1 Å². The Balaban J connectivity index is 1.54. The van der Waals surface area contributed by atoms with E-state index in [9.17, 15) is 0 Å². The minimum Gasteiger partial charge on any atom is -0.496 e. The summed E-state index contributed by atoms with van der Waals surface area (Å²) in [4.78, 5) is 0. The van der Waals surface area contributed by atoms with Crippen LogP contribution in [0, 0.1) is 0 Å². The van der Waals surface area contributed by atoms with Crippen molar-refractivity contribution >= 4 is 11.6 Å². The molecular formula is C22H22ClNO2. The van der Waals surface area contributed by atoms with Gasteiger partial charge < -0.3 is 14.8 Å². The number of benzene rings is 3. The highest BCUT2D eigenvalue weighted by Gasteiger charge is 2.02. The lowest BCUT2D eigenvalue weighted by molar-refractivity contribution is 0.306. The van der Waals surface area contributed by atoms with Gasteiger partial charge in [0.1, 0.15) is 18.1 Å². The summed E-state index contributed by atoms with van der Waals surface area (Å²) in [7, 11) is 1.69. The number of rotatable bonds is 8. The van der Waals surface area contributed by atoms with Gasteiger partial charge in [0.05, 0.1) is 7.11 Å². The molecule has 0 bridgehead atoms. The summed E-state index contributed by atoms with van der Waals surface area (Å²) in [6, 6.07) is 23.9. The third-order valence-corrected chi connectivity index (χ3v) is 4.27. The van der Waals surface area contributed by atoms with E-state index in [1.54, 1.807) is 7.11 Å². The van der Waals surface area contributed by atoms with Crippen molar-refractivity contribution in [2.24, 2.45) is 0 Å². The molecule has 3 aromatic rings. The first kappa shape index (κ1) is 18.3. The molecule has 0 aliphatic rings. The minimum atomic E-state index is 0.499. The molecule has 0 aliphatic carbocycles. The Hall–Kier alpha value is -2.49. The zero-order valence-corrected chi connectivity index (χ0v) is 15.5. The predicted octanol–water partition coefficient (Wildman–Crippen LogP) is 5.22. The van der Waals surface area contributed by atoms with Crippen LogP contribution >= 0.6 is 11.6 Å². The number of nitrogens with one attached hydrogen (secondary N) is 1. The monoisotopic (exact) mass is 367 g/mol. The van der Waals surface area contributed by atoms with Crippen molar-refractivity contribution in [2.75, 3.05) is 7.11 Å². The number of ether oxygens (including phenoxy) is 2. The Morgan fingerprint density at radius 3 is 2.50 bits per heavy atom. The lowest BCUT2D eigenvalue weighted by atomic mass is 10.2. The van der Waals surface area contributed by atoms with Gasteiger partial charge in [-0.3, -0.25) is 0 Å². The van der Waals surface area contributed by atoms with Gasteiger partial charge in [-0.25, -0.2) is 0 Å². The first-order valence-electron chi connectivity index (χ1n) is 8.53. The largest absolute Gasteiger partial charge is 0.496 e. The maximum absolute atomic E-state index is 6.01. The molecule has 0 saturated heterocycles. The SMILES string of the molecule is COc1ccccc1CNCc1cccc(OCc2cccc(Cl)c2)c1. The van der Waals surface area contributed by atoms with Crippen LogP contribution in [-0.2, 0) is 19.7 Å². The summed E-state index contributed by atoms with van der Waals surface area (Å²) in [6.07, 6.45) is 0. The van der Waals surface area contributed by atoms with Crippen molar-refractivity contribution in [1.82, 2.24) is 5.32 Å². The summed E-state index contributed by atoms with van der Waals surface area (Å²) >= 11 is 6.01. The molecule has 3 aromatic carbocycles. The van der Waals surface area contributed by atoms with Gasteiger partial charge >= 0.3 is 0 Å². The van der Waals surface area contributed by atoms with Gasteiger partial charge in [-0.05, 0) is 41.5 Å². The fourth-order valence-electron chi connectivity index (χ4n) is 2.73.